The van der Waals surface area contributed by atoms with Crippen molar-refractivity contribution in [1.29, 1.82) is 0 Å². The number of aryl methyl sites for hydroxylation is 1. The summed E-state index contributed by atoms with van der Waals surface area (Å²) < 4.78 is 51.5. The predicted octanol–water partition coefficient (Wildman–Crippen LogP) is 5.91. The van der Waals surface area contributed by atoms with Crippen molar-refractivity contribution in [1.82, 2.24) is 19.5 Å². The number of carbonyl (C=O) groups is 1. The number of hydrogen-bond acceptors (Lipinski definition) is 6. The van der Waals surface area contributed by atoms with Crippen molar-refractivity contribution >= 4 is 34.6 Å². The molecule has 4 rings (SSSR count). The molecule has 0 saturated carbocycles. The summed E-state index contributed by atoms with van der Waals surface area (Å²) in [5.74, 6) is 0.125. The molecule has 0 atom stereocenters. The predicted molar refractivity (Wildman–Crippen MR) is 114 cm³/mol. The number of fused-ring (bicyclic) bond motifs is 1. The molecule has 0 aliphatic heterocycles. The number of halogens is 5. The average Bonchev–Trinajstić information content (AvgIpc) is 3.39. The topological polar surface area (TPSA) is 82.5 Å². The van der Waals surface area contributed by atoms with Crippen molar-refractivity contribution in [3.05, 3.63) is 51.8 Å². The first-order valence-electron chi connectivity index (χ1n) is 9.61. The number of imidazole rings is 1. The minimum Gasteiger partial charge on any atom is -0.484 e. The molecular formula is C21H15Cl2F3N4O3. The molecule has 0 spiro atoms. The maximum Gasteiger partial charge on any atom is 0.417 e. The van der Waals surface area contributed by atoms with Crippen LogP contribution in [-0.4, -0.2) is 31.9 Å². The second-order valence-electron chi connectivity index (χ2n) is 7.14. The Hall–Kier alpha value is -3.11. The maximum absolute atomic E-state index is 13.2. The molecule has 12 heteroatoms. The number of alkyl halides is 3. The van der Waals surface area contributed by atoms with Gasteiger partial charge >= 0.3 is 6.18 Å². The smallest absolute Gasteiger partial charge is 0.417 e. The number of pyridine rings is 1. The zero-order valence-corrected chi connectivity index (χ0v) is 18.7. The second kappa shape index (κ2) is 8.68. The monoisotopic (exact) mass is 498 g/mol. The molecule has 0 N–H and O–H groups in total. The first-order chi connectivity index (χ1) is 15.6. The minimum atomic E-state index is -4.49. The van der Waals surface area contributed by atoms with Crippen molar-refractivity contribution in [2.24, 2.45) is 0 Å². The molecule has 7 nitrogen and oxygen atoms in total. The molecule has 1 aromatic carbocycles. The van der Waals surface area contributed by atoms with Gasteiger partial charge in [-0.25, -0.2) is 4.98 Å². The van der Waals surface area contributed by atoms with Crippen LogP contribution < -0.4 is 4.74 Å². The molecule has 0 unspecified atom stereocenters. The van der Waals surface area contributed by atoms with Gasteiger partial charge in [-0.3, -0.25) is 4.79 Å². The number of hydrogen-bond donors (Lipinski definition) is 0. The van der Waals surface area contributed by atoms with E-state index in [0.717, 1.165) is 12.3 Å². The van der Waals surface area contributed by atoms with E-state index in [-0.39, 0.29) is 45.6 Å². The molecule has 0 radical (unpaired) electrons. The number of ether oxygens (including phenoxy) is 1. The Morgan fingerprint density at radius 2 is 1.91 bits per heavy atom. The molecule has 3 aromatic heterocycles. The van der Waals surface area contributed by atoms with Crippen LogP contribution in [0.5, 0.6) is 5.75 Å². The Morgan fingerprint density at radius 3 is 2.58 bits per heavy atom. The van der Waals surface area contributed by atoms with Gasteiger partial charge in [0, 0.05) is 24.0 Å². The Kier molecular flexibility index (Phi) is 6.06. The van der Waals surface area contributed by atoms with Crippen LogP contribution in [0, 0.1) is 0 Å². The van der Waals surface area contributed by atoms with Gasteiger partial charge in [-0.05, 0) is 31.0 Å². The second-order valence-corrected chi connectivity index (χ2v) is 7.95. The first-order valence-corrected chi connectivity index (χ1v) is 10.4. The fourth-order valence-electron chi connectivity index (χ4n) is 3.11. The lowest BCUT2D eigenvalue weighted by molar-refractivity contribution is -0.137. The lowest BCUT2D eigenvalue weighted by atomic mass is 10.1. The molecule has 172 valence electrons. The van der Waals surface area contributed by atoms with Crippen molar-refractivity contribution in [2.75, 3.05) is 6.61 Å². The van der Waals surface area contributed by atoms with Gasteiger partial charge in [0.1, 0.15) is 23.7 Å². The van der Waals surface area contributed by atoms with Crippen LogP contribution in [-0.2, 0) is 17.4 Å². The number of Topliss-reactive ketones (excluding diaryl/α,β-unsaturated/α-hetero) is 1. The van der Waals surface area contributed by atoms with Gasteiger partial charge in [0.15, 0.2) is 5.78 Å². The van der Waals surface area contributed by atoms with Crippen molar-refractivity contribution < 1.29 is 27.2 Å². The summed E-state index contributed by atoms with van der Waals surface area (Å²) in [6.07, 6.45) is -1.80. The third kappa shape index (κ3) is 4.67. The van der Waals surface area contributed by atoms with E-state index in [1.165, 1.54) is 29.7 Å². The third-order valence-electron chi connectivity index (χ3n) is 4.67. The third-order valence-corrected chi connectivity index (χ3v) is 5.28. The summed E-state index contributed by atoms with van der Waals surface area (Å²) in [4.78, 5) is 19.7. The summed E-state index contributed by atoms with van der Waals surface area (Å²) in [5, 5.41) is 4.26. The molecule has 4 aromatic rings. The van der Waals surface area contributed by atoms with Crippen LogP contribution >= 0.6 is 23.2 Å². The minimum absolute atomic E-state index is 0.00610. The van der Waals surface area contributed by atoms with Crippen LogP contribution in [0.25, 0.3) is 28.6 Å². The highest BCUT2D eigenvalue weighted by atomic mass is 35.5. The summed E-state index contributed by atoms with van der Waals surface area (Å²) in [7, 11) is 0. The number of carbonyl (C=O) groups excluding carboxylic acids is 1. The van der Waals surface area contributed by atoms with Gasteiger partial charge in [0.25, 0.3) is 5.89 Å². The molecular weight excluding hydrogens is 484 g/mol. The number of ketones is 1. The van der Waals surface area contributed by atoms with Gasteiger partial charge in [0.2, 0.25) is 5.82 Å². The highest BCUT2D eigenvalue weighted by Gasteiger charge is 2.32. The van der Waals surface area contributed by atoms with Gasteiger partial charge in [0.05, 0.1) is 15.6 Å². The van der Waals surface area contributed by atoms with Crippen molar-refractivity contribution in [3.63, 3.8) is 0 Å². The van der Waals surface area contributed by atoms with E-state index >= 15 is 0 Å². The average molecular weight is 499 g/mol. The Bertz CT molecular complexity index is 1370. The molecule has 0 amide bonds. The van der Waals surface area contributed by atoms with Crippen LogP contribution in [0.3, 0.4) is 0 Å². The van der Waals surface area contributed by atoms with E-state index in [2.05, 4.69) is 15.1 Å². The van der Waals surface area contributed by atoms with E-state index in [1.807, 2.05) is 0 Å². The van der Waals surface area contributed by atoms with Gasteiger partial charge in [-0.2, -0.15) is 18.2 Å². The standard InChI is InChI=1S/C21H15Cl2F3N4O3/c1-3-11-4-12(21(24,25)26)7-30-8-16(27-19(11)30)20-28-18(29-33-20)13-5-15(23)17(6-14(13)22)32-9-10(2)31/h4-8H,3,9H2,1-2H3. The van der Waals surface area contributed by atoms with Gasteiger partial charge in [-0.15, -0.1) is 0 Å². The summed E-state index contributed by atoms with van der Waals surface area (Å²) >= 11 is 12.5. The Morgan fingerprint density at radius 1 is 1.15 bits per heavy atom. The zero-order chi connectivity index (χ0) is 23.9. The summed E-state index contributed by atoms with van der Waals surface area (Å²) in [5.41, 5.74) is 0.534. The largest absolute Gasteiger partial charge is 0.484 e. The summed E-state index contributed by atoms with van der Waals surface area (Å²) in [6.45, 7) is 2.95. The van der Waals surface area contributed by atoms with E-state index in [0.29, 0.717) is 23.2 Å². The number of aromatic nitrogens is 4. The molecule has 0 saturated heterocycles. The van der Waals surface area contributed by atoms with Crippen molar-refractivity contribution in [3.8, 4) is 28.7 Å². The van der Waals surface area contributed by atoms with E-state index in [9.17, 15) is 18.0 Å². The highest BCUT2D eigenvalue weighted by Crippen LogP contribution is 2.37. The van der Waals surface area contributed by atoms with Crippen LogP contribution in [0.2, 0.25) is 10.0 Å². The van der Waals surface area contributed by atoms with Gasteiger partial charge in [-0.1, -0.05) is 35.3 Å². The Labute approximate surface area is 195 Å². The lowest BCUT2D eigenvalue weighted by Gasteiger charge is -2.09. The number of nitrogens with zero attached hydrogens (tertiary/aromatic N) is 4. The van der Waals surface area contributed by atoms with Crippen LogP contribution in [0.4, 0.5) is 13.2 Å². The fourth-order valence-corrected chi connectivity index (χ4v) is 3.57. The van der Waals surface area contributed by atoms with E-state index in [1.54, 1.807) is 6.92 Å². The number of rotatable bonds is 6. The van der Waals surface area contributed by atoms with Crippen LogP contribution in [0.15, 0.2) is 35.1 Å². The molecule has 0 fully saturated rings. The Balaban J connectivity index is 1.70. The quantitative estimate of drug-likeness (QED) is 0.328. The molecule has 33 heavy (non-hydrogen) atoms. The molecule has 0 aliphatic carbocycles. The van der Waals surface area contributed by atoms with E-state index in [4.69, 9.17) is 32.5 Å². The SMILES string of the molecule is CCc1cc(C(F)(F)F)cn2cc(-c3nc(-c4cc(Cl)c(OCC(C)=O)cc4Cl)no3)nc12. The summed E-state index contributed by atoms with van der Waals surface area (Å²) in [6, 6.07) is 3.96. The first kappa shape index (κ1) is 23.1. The molecule has 0 bridgehead atoms. The molecule has 3 heterocycles. The van der Waals surface area contributed by atoms with E-state index < -0.39 is 11.7 Å². The zero-order valence-electron chi connectivity index (χ0n) is 17.2. The normalized spacial score (nSPS) is 11.8. The van der Waals surface area contributed by atoms with Crippen molar-refractivity contribution in [2.45, 2.75) is 26.4 Å². The lowest BCUT2D eigenvalue weighted by Crippen LogP contribution is -2.07. The maximum atomic E-state index is 13.2. The fraction of sp³-hybridized carbons (Fsp3) is 0.238. The number of benzene rings is 1. The van der Waals surface area contributed by atoms with Crippen LogP contribution in [0.1, 0.15) is 25.0 Å². The molecule has 0 aliphatic rings. The van der Waals surface area contributed by atoms with Gasteiger partial charge < -0.3 is 13.7 Å². The highest BCUT2D eigenvalue weighted by molar-refractivity contribution is 6.36.